The first-order chi connectivity index (χ1) is 9.38. The second-order valence-corrected chi connectivity index (χ2v) is 7.32. The van der Waals surface area contributed by atoms with Crippen molar-refractivity contribution in [3.05, 3.63) is 21.9 Å². The third-order valence-corrected chi connectivity index (χ3v) is 6.12. The maximum Gasteiger partial charge on any atom is 0.0333 e. The number of nitrogens with one attached hydrogen (secondary N) is 1. The molecule has 1 nitrogen and oxygen atoms in total. The second kappa shape index (κ2) is 6.41. The van der Waals surface area contributed by atoms with Crippen molar-refractivity contribution in [3.8, 4) is 0 Å². The Balaban J connectivity index is 1.66. The van der Waals surface area contributed by atoms with Gasteiger partial charge in [-0.05, 0) is 61.5 Å². The van der Waals surface area contributed by atoms with Crippen LogP contribution in [0.5, 0.6) is 0 Å². The molecule has 0 spiro atoms. The van der Waals surface area contributed by atoms with Gasteiger partial charge >= 0.3 is 0 Å². The molecule has 0 amide bonds. The molecule has 2 aliphatic carbocycles. The zero-order valence-corrected chi connectivity index (χ0v) is 13.0. The van der Waals surface area contributed by atoms with Crippen molar-refractivity contribution in [2.75, 3.05) is 0 Å². The topological polar surface area (TPSA) is 12.0 Å². The largest absolute Gasteiger partial charge is 0.307 e. The average Bonchev–Trinajstić information content (AvgIpc) is 2.95. The molecule has 2 atom stereocenters. The third-order valence-electron chi connectivity index (χ3n) is 5.13. The number of thiophene rings is 1. The smallest absolute Gasteiger partial charge is 0.0333 e. The summed E-state index contributed by atoms with van der Waals surface area (Å²) in [6, 6.07) is 3.75. The number of fused-ring (bicyclic) bond motifs is 1. The van der Waals surface area contributed by atoms with Gasteiger partial charge in [-0.2, -0.15) is 0 Å². The minimum Gasteiger partial charge on any atom is -0.307 e. The van der Waals surface area contributed by atoms with E-state index in [9.17, 15) is 0 Å². The average molecular weight is 277 g/mol. The lowest BCUT2D eigenvalue weighted by molar-refractivity contribution is 0.239. The van der Waals surface area contributed by atoms with Gasteiger partial charge in [0.25, 0.3) is 0 Å². The van der Waals surface area contributed by atoms with E-state index in [1.54, 1.807) is 10.4 Å². The van der Waals surface area contributed by atoms with E-state index in [0.717, 1.165) is 12.0 Å². The van der Waals surface area contributed by atoms with Crippen molar-refractivity contribution in [1.82, 2.24) is 5.32 Å². The minimum atomic E-state index is 0.641. The van der Waals surface area contributed by atoms with Crippen molar-refractivity contribution in [2.45, 2.75) is 76.8 Å². The monoisotopic (exact) mass is 277 g/mol. The van der Waals surface area contributed by atoms with E-state index in [4.69, 9.17) is 0 Å². The fraction of sp³-hybridized carbons (Fsp3) is 0.765. The Labute approximate surface area is 121 Å². The summed E-state index contributed by atoms with van der Waals surface area (Å²) in [6.07, 6.45) is 12.6. The van der Waals surface area contributed by atoms with Gasteiger partial charge in [-0.3, -0.25) is 0 Å². The molecule has 1 N–H and O–H groups in total. The lowest BCUT2D eigenvalue weighted by atomic mass is 9.82. The molecule has 3 rings (SSSR count). The van der Waals surface area contributed by atoms with Crippen molar-refractivity contribution in [2.24, 2.45) is 5.92 Å². The van der Waals surface area contributed by atoms with Crippen LogP contribution in [0.4, 0.5) is 0 Å². The molecule has 1 fully saturated rings. The van der Waals surface area contributed by atoms with E-state index >= 15 is 0 Å². The van der Waals surface area contributed by atoms with Crippen LogP contribution in [0, 0.1) is 5.92 Å². The summed E-state index contributed by atoms with van der Waals surface area (Å²) >= 11 is 1.96. The standard InChI is InChI=1S/C17H27NS/c1-2-15(13-7-4-3-5-8-13)18-16-9-6-10-17-14(16)11-12-19-17/h11-13,15-16,18H,2-10H2,1H3. The van der Waals surface area contributed by atoms with E-state index in [1.165, 1.54) is 57.8 Å². The van der Waals surface area contributed by atoms with Gasteiger partial charge in [-0.25, -0.2) is 0 Å². The van der Waals surface area contributed by atoms with Gasteiger partial charge in [-0.1, -0.05) is 26.2 Å². The lowest BCUT2D eigenvalue weighted by Crippen LogP contribution is -2.40. The van der Waals surface area contributed by atoms with Gasteiger partial charge < -0.3 is 5.32 Å². The Morgan fingerprint density at radius 1 is 1.21 bits per heavy atom. The van der Waals surface area contributed by atoms with Crippen LogP contribution in [-0.4, -0.2) is 6.04 Å². The van der Waals surface area contributed by atoms with Gasteiger partial charge in [0.1, 0.15) is 0 Å². The Bertz CT molecular complexity index is 392. The highest BCUT2D eigenvalue weighted by Gasteiger charge is 2.27. The molecule has 1 heterocycles. The molecule has 106 valence electrons. The summed E-state index contributed by atoms with van der Waals surface area (Å²) in [4.78, 5) is 1.64. The first kappa shape index (κ1) is 13.6. The highest BCUT2D eigenvalue weighted by molar-refractivity contribution is 7.10. The second-order valence-electron chi connectivity index (χ2n) is 6.32. The Hall–Kier alpha value is -0.340. The van der Waals surface area contributed by atoms with Crippen molar-refractivity contribution < 1.29 is 0 Å². The molecule has 1 saturated carbocycles. The first-order valence-electron chi connectivity index (χ1n) is 8.20. The number of aryl methyl sites for hydroxylation is 1. The van der Waals surface area contributed by atoms with Gasteiger partial charge in [0.05, 0.1) is 0 Å². The summed E-state index contributed by atoms with van der Waals surface area (Å²) in [6.45, 7) is 2.36. The third kappa shape index (κ3) is 3.05. The Morgan fingerprint density at radius 2 is 2.05 bits per heavy atom. The zero-order chi connectivity index (χ0) is 13.1. The first-order valence-corrected chi connectivity index (χ1v) is 9.08. The van der Waals surface area contributed by atoms with Crippen LogP contribution < -0.4 is 5.32 Å². The summed E-state index contributed by atoms with van der Waals surface area (Å²) in [5, 5.41) is 6.31. The molecular formula is C17H27NS. The minimum absolute atomic E-state index is 0.641. The van der Waals surface area contributed by atoms with E-state index in [2.05, 4.69) is 23.7 Å². The summed E-state index contributed by atoms with van der Waals surface area (Å²) in [5.74, 6) is 0.933. The van der Waals surface area contributed by atoms with E-state index in [-0.39, 0.29) is 0 Å². The number of rotatable bonds is 4. The number of hydrogen-bond donors (Lipinski definition) is 1. The van der Waals surface area contributed by atoms with Gasteiger partial charge in [0.2, 0.25) is 0 Å². The molecule has 0 aromatic carbocycles. The van der Waals surface area contributed by atoms with Crippen LogP contribution in [0.1, 0.15) is 74.8 Å². The van der Waals surface area contributed by atoms with Crippen molar-refractivity contribution in [3.63, 3.8) is 0 Å². The van der Waals surface area contributed by atoms with Gasteiger partial charge in [0, 0.05) is 17.0 Å². The van der Waals surface area contributed by atoms with Crippen LogP contribution in [-0.2, 0) is 6.42 Å². The van der Waals surface area contributed by atoms with E-state index in [0.29, 0.717) is 6.04 Å². The van der Waals surface area contributed by atoms with E-state index < -0.39 is 0 Å². The lowest BCUT2D eigenvalue weighted by Gasteiger charge is -2.35. The van der Waals surface area contributed by atoms with Gasteiger partial charge in [-0.15, -0.1) is 11.3 Å². The van der Waals surface area contributed by atoms with Crippen molar-refractivity contribution >= 4 is 11.3 Å². The fourth-order valence-corrected chi connectivity index (χ4v) is 5.03. The van der Waals surface area contributed by atoms with Crippen molar-refractivity contribution in [1.29, 1.82) is 0 Å². The molecule has 2 heteroatoms. The molecule has 19 heavy (non-hydrogen) atoms. The molecule has 0 radical (unpaired) electrons. The summed E-state index contributed by atoms with van der Waals surface area (Å²) in [7, 11) is 0. The molecule has 0 aliphatic heterocycles. The highest BCUT2D eigenvalue weighted by atomic mass is 32.1. The maximum atomic E-state index is 4.02. The van der Waals surface area contributed by atoms with Crippen LogP contribution in [0.25, 0.3) is 0 Å². The molecular weight excluding hydrogens is 250 g/mol. The molecule has 2 aliphatic rings. The molecule has 0 bridgehead atoms. The number of hydrogen-bond acceptors (Lipinski definition) is 2. The maximum absolute atomic E-state index is 4.02. The fourth-order valence-electron chi connectivity index (χ4n) is 4.04. The van der Waals surface area contributed by atoms with Crippen LogP contribution in [0.3, 0.4) is 0 Å². The molecule has 1 aromatic heterocycles. The molecule has 1 aromatic rings. The molecule has 0 saturated heterocycles. The predicted octanol–water partition coefficient (Wildman–Crippen LogP) is 5.07. The van der Waals surface area contributed by atoms with Crippen LogP contribution in [0.15, 0.2) is 11.4 Å². The quantitative estimate of drug-likeness (QED) is 0.810. The summed E-state index contributed by atoms with van der Waals surface area (Å²) < 4.78 is 0. The summed E-state index contributed by atoms with van der Waals surface area (Å²) in [5.41, 5.74) is 1.62. The van der Waals surface area contributed by atoms with Crippen LogP contribution in [0.2, 0.25) is 0 Å². The predicted molar refractivity (Wildman–Crippen MR) is 83.8 cm³/mol. The Morgan fingerprint density at radius 3 is 2.84 bits per heavy atom. The zero-order valence-electron chi connectivity index (χ0n) is 12.2. The van der Waals surface area contributed by atoms with Gasteiger partial charge in [0.15, 0.2) is 0 Å². The van der Waals surface area contributed by atoms with E-state index in [1.807, 2.05) is 11.3 Å². The Kier molecular flexibility index (Phi) is 4.60. The van der Waals surface area contributed by atoms with Crippen LogP contribution >= 0.6 is 11.3 Å². The normalized spacial score (nSPS) is 26.1. The SMILES string of the molecule is CCC(NC1CCCc2sccc21)C1CCCCC1. The molecule has 2 unspecified atom stereocenters. The highest BCUT2D eigenvalue weighted by Crippen LogP contribution is 2.35.